The molecule has 0 radical (unpaired) electrons. The SMILES string of the molecule is CCOc1cccc(CCNC(=NC)N2CCN(C(C)C(=O)N3CCCC3)CC2)c1. The van der Waals surface area contributed by atoms with Crippen LogP contribution in [0.2, 0.25) is 0 Å². The van der Waals surface area contributed by atoms with Crippen LogP contribution in [-0.4, -0.2) is 92.1 Å². The second kappa shape index (κ2) is 11.2. The van der Waals surface area contributed by atoms with Gasteiger partial charge in [0.25, 0.3) is 0 Å². The number of rotatable bonds is 7. The van der Waals surface area contributed by atoms with E-state index in [4.69, 9.17) is 4.74 Å². The van der Waals surface area contributed by atoms with Gasteiger partial charge in [-0.1, -0.05) is 12.1 Å². The zero-order chi connectivity index (χ0) is 21.3. The molecule has 7 heteroatoms. The lowest BCUT2D eigenvalue weighted by atomic mass is 10.1. The Morgan fingerprint density at radius 2 is 1.87 bits per heavy atom. The number of hydrogen-bond donors (Lipinski definition) is 1. The Kier molecular flexibility index (Phi) is 8.37. The van der Waals surface area contributed by atoms with Crippen LogP contribution in [0.3, 0.4) is 0 Å². The summed E-state index contributed by atoms with van der Waals surface area (Å²) in [6.45, 7) is 11.0. The minimum Gasteiger partial charge on any atom is -0.494 e. The second-order valence-electron chi connectivity index (χ2n) is 8.04. The third-order valence-electron chi connectivity index (χ3n) is 6.05. The number of benzene rings is 1. The largest absolute Gasteiger partial charge is 0.494 e. The highest BCUT2D eigenvalue weighted by Gasteiger charge is 2.30. The molecule has 0 aromatic heterocycles. The Hall–Kier alpha value is -2.28. The number of hydrogen-bond acceptors (Lipinski definition) is 4. The minimum absolute atomic E-state index is 0.0298. The van der Waals surface area contributed by atoms with Crippen molar-refractivity contribution < 1.29 is 9.53 Å². The van der Waals surface area contributed by atoms with E-state index in [2.05, 4.69) is 39.2 Å². The van der Waals surface area contributed by atoms with Gasteiger partial charge < -0.3 is 19.9 Å². The summed E-state index contributed by atoms with van der Waals surface area (Å²) in [6.07, 6.45) is 3.20. The molecule has 1 aromatic rings. The molecule has 2 heterocycles. The monoisotopic (exact) mass is 415 g/mol. The topological polar surface area (TPSA) is 60.4 Å². The van der Waals surface area contributed by atoms with Gasteiger partial charge in [-0.05, 0) is 50.8 Å². The van der Waals surface area contributed by atoms with Gasteiger partial charge in [0, 0.05) is 52.9 Å². The molecule has 2 aliphatic rings. The highest BCUT2D eigenvalue weighted by molar-refractivity contribution is 5.82. The van der Waals surface area contributed by atoms with Gasteiger partial charge in [0.2, 0.25) is 5.91 Å². The molecule has 2 aliphatic heterocycles. The average molecular weight is 416 g/mol. The van der Waals surface area contributed by atoms with Crippen LogP contribution in [0, 0.1) is 0 Å². The summed E-state index contributed by atoms with van der Waals surface area (Å²) in [5.41, 5.74) is 1.25. The maximum Gasteiger partial charge on any atom is 0.239 e. The third kappa shape index (κ3) is 5.88. The van der Waals surface area contributed by atoms with Crippen molar-refractivity contribution in [3.8, 4) is 5.75 Å². The van der Waals surface area contributed by atoms with Crippen LogP contribution in [0.1, 0.15) is 32.3 Å². The molecule has 1 unspecified atom stereocenters. The van der Waals surface area contributed by atoms with E-state index in [1.54, 1.807) is 0 Å². The van der Waals surface area contributed by atoms with Crippen molar-refractivity contribution >= 4 is 11.9 Å². The van der Waals surface area contributed by atoms with E-state index in [-0.39, 0.29) is 11.9 Å². The number of nitrogens with one attached hydrogen (secondary N) is 1. The number of amides is 1. The van der Waals surface area contributed by atoms with E-state index in [0.29, 0.717) is 6.61 Å². The molecule has 0 bridgehead atoms. The summed E-state index contributed by atoms with van der Waals surface area (Å²) in [7, 11) is 1.84. The summed E-state index contributed by atoms with van der Waals surface area (Å²) in [4.78, 5) is 23.8. The molecule has 30 heavy (non-hydrogen) atoms. The highest BCUT2D eigenvalue weighted by atomic mass is 16.5. The predicted molar refractivity (Wildman–Crippen MR) is 121 cm³/mol. The molecular formula is C23H37N5O2. The van der Waals surface area contributed by atoms with E-state index >= 15 is 0 Å². The van der Waals surface area contributed by atoms with Gasteiger partial charge in [0.1, 0.15) is 5.75 Å². The molecule has 1 N–H and O–H groups in total. The normalized spacial score (nSPS) is 19.1. The van der Waals surface area contributed by atoms with Crippen molar-refractivity contribution in [3.05, 3.63) is 29.8 Å². The first-order chi connectivity index (χ1) is 14.6. The van der Waals surface area contributed by atoms with Gasteiger partial charge in [-0.25, -0.2) is 0 Å². The molecule has 166 valence electrons. The van der Waals surface area contributed by atoms with Crippen molar-refractivity contribution in [3.63, 3.8) is 0 Å². The van der Waals surface area contributed by atoms with Gasteiger partial charge in [0.15, 0.2) is 5.96 Å². The number of aliphatic imine (C=N–C) groups is 1. The lowest BCUT2D eigenvalue weighted by molar-refractivity contribution is -0.135. The third-order valence-corrected chi connectivity index (χ3v) is 6.05. The average Bonchev–Trinajstić information content (AvgIpc) is 3.31. The first kappa shape index (κ1) is 22.4. The van der Waals surface area contributed by atoms with Crippen LogP contribution in [0.4, 0.5) is 0 Å². The fraction of sp³-hybridized carbons (Fsp3) is 0.652. The predicted octanol–water partition coefficient (Wildman–Crippen LogP) is 1.83. The van der Waals surface area contributed by atoms with Gasteiger partial charge in [-0.3, -0.25) is 14.7 Å². The van der Waals surface area contributed by atoms with Crippen LogP contribution in [0.25, 0.3) is 0 Å². The summed E-state index contributed by atoms with van der Waals surface area (Å²) in [5.74, 6) is 2.15. The van der Waals surface area contributed by atoms with Crippen LogP contribution in [0.15, 0.2) is 29.3 Å². The summed E-state index contributed by atoms with van der Waals surface area (Å²) < 4.78 is 5.58. The smallest absolute Gasteiger partial charge is 0.239 e. The summed E-state index contributed by atoms with van der Waals surface area (Å²) in [6, 6.07) is 8.24. The Labute approximate surface area is 181 Å². The Balaban J connectivity index is 1.43. The number of carbonyl (C=O) groups is 1. The maximum atomic E-state index is 12.7. The number of nitrogens with zero attached hydrogens (tertiary/aromatic N) is 4. The molecule has 3 rings (SSSR count). The molecule has 7 nitrogen and oxygen atoms in total. The van der Waals surface area contributed by atoms with Gasteiger partial charge in [0.05, 0.1) is 12.6 Å². The summed E-state index contributed by atoms with van der Waals surface area (Å²) in [5, 5.41) is 3.49. The maximum absolute atomic E-state index is 12.7. The first-order valence-electron chi connectivity index (χ1n) is 11.3. The van der Waals surface area contributed by atoms with Crippen molar-refractivity contribution in [2.75, 3.05) is 59.5 Å². The fourth-order valence-corrected chi connectivity index (χ4v) is 4.29. The van der Waals surface area contributed by atoms with E-state index in [1.807, 2.05) is 31.0 Å². The molecule has 2 saturated heterocycles. The van der Waals surface area contributed by atoms with Crippen molar-refractivity contribution in [1.29, 1.82) is 0 Å². The van der Waals surface area contributed by atoms with E-state index in [9.17, 15) is 4.79 Å². The number of guanidine groups is 1. The molecule has 0 saturated carbocycles. The standard InChI is InChI=1S/C23H37N5O2/c1-4-30-21-9-7-8-20(18-21)10-11-25-23(24-3)28-16-14-26(15-17-28)19(2)22(29)27-12-5-6-13-27/h7-9,18-19H,4-6,10-17H2,1-3H3,(H,24,25). The molecule has 1 aromatic carbocycles. The van der Waals surface area contributed by atoms with E-state index < -0.39 is 0 Å². The zero-order valence-electron chi connectivity index (χ0n) is 18.8. The van der Waals surface area contributed by atoms with Gasteiger partial charge >= 0.3 is 0 Å². The number of piperazine rings is 1. The molecule has 1 atom stereocenters. The quantitative estimate of drug-likeness (QED) is 0.544. The number of ether oxygens (including phenoxy) is 1. The highest BCUT2D eigenvalue weighted by Crippen LogP contribution is 2.15. The number of carbonyl (C=O) groups excluding carboxylic acids is 1. The van der Waals surface area contributed by atoms with Crippen molar-refractivity contribution in [2.45, 2.75) is 39.2 Å². The first-order valence-corrected chi connectivity index (χ1v) is 11.3. The van der Waals surface area contributed by atoms with E-state index in [1.165, 1.54) is 5.56 Å². The molecule has 2 fully saturated rings. The molecule has 0 aliphatic carbocycles. The zero-order valence-corrected chi connectivity index (χ0v) is 18.8. The summed E-state index contributed by atoms with van der Waals surface area (Å²) >= 11 is 0. The lowest BCUT2D eigenvalue weighted by Gasteiger charge is -2.39. The van der Waals surface area contributed by atoms with Gasteiger partial charge in [-0.2, -0.15) is 0 Å². The molecular weight excluding hydrogens is 378 g/mol. The van der Waals surface area contributed by atoms with Crippen LogP contribution < -0.4 is 10.1 Å². The van der Waals surface area contributed by atoms with Crippen LogP contribution in [0.5, 0.6) is 5.75 Å². The Morgan fingerprint density at radius 3 is 2.53 bits per heavy atom. The second-order valence-corrected chi connectivity index (χ2v) is 8.04. The number of likely N-dealkylation sites (tertiary alicyclic amines) is 1. The molecule has 0 spiro atoms. The molecule has 1 amide bonds. The fourth-order valence-electron chi connectivity index (χ4n) is 4.29. The van der Waals surface area contributed by atoms with Gasteiger partial charge in [-0.15, -0.1) is 0 Å². The Morgan fingerprint density at radius 1 is 1.13 bits per heavy atom. The Bertz CT molecular complexity index is 709. The van der Waals surface area contributed by atoms with E-state index in [0.717, 1.165) is 76.8 Å². The van der Waals surface area contributed by atoms with Crippen LogP contribution in [-0.2, 0) is 11.2 Å². The van der Waals surface area contributed by atoms with Crippen molar-refractivity contribution in [2.24, 2.45) is 4.99 Å². The van der Waals surface area contributed by atoms with Crippen LogP contribution >= 0.6 is 0 Å². The lowest BCUT2D eigenvalue weighted by Crippen LogP contribution is -2.57. The minimum atomic E-state index is -0.0298. The van der Waals surface area contributed by atoms with Crippen molar-refractivity contribution in [1.82, 2.24) is 20.0 Å².